The zero-order valence-corrected chi connectivity index (χ0v) is 41.3. The van der Waals surface area contributed by atoms with Crippen LogP contribution in [0.15, 0.2) is 48.5 Å². The van der Waals surface area contributed by atoms with Crippen LogP contribution in [0, 0.1) is 0 Å². The number of hydrogen-bond donors (Lipinski definition) is 8. The molecule has 23 heteroatoms. The van der Waals surface area contributed by atoms with Crippen LogP contribution in [0.3, 0.4) is 0 Å². The first-order valence-electron chi connectivity index (χ1n) is 22.9. The summed E-state index contributed by atoms with van der Waals surface area (Å²) in [5, 5.41) is 30.6. The number of nitrogens with two attached hydrogens (primary N) is 3. The number of anilines is 5. The van der Waals surface area contributed by atoms with E-state index in [2.05, 4.69) is 56.9 Å². The van der Waals surface area contributed by atoms with E-state index in [1.54, 1.807) is 42.5 Å². The number of carbonyl (C=O) groups excluding carboxylic acids is 4. The minimum atomic E-state index is -0.718. The molecule has 0 radical (unpaired) electrons. The van der Waals surface area contributed by atoms with Gasteiger partial charge in [0.05, 0.1) is 30.6 Å². The van der Waals surface area contributed by atoms with E-state index in [1.165, 1.54) is 6.07 Å². The van der Waals surface area contributed by atoms with E-state index in [-0.39, 0.29) is 46.8 Å². The highest BCUT2D eigenvalue weighted by atomic mass is 35.5. The average Bonchev–Trinajstić information content (AvgIpc) is 3.25. The smallest absolute Gasteiger partial charge is 0.407 e. The Morgan fingerprint density at radius 2 is 1.07 bits per heavy atom. The molecule has 4 heterocycles. The highest BCUT2D eigenvalue weighted by Crippen LogP contribution is 2.27. The summed E-state index contributed by atoms with van der Waals surface area (Å²) < 4.78 is 21.3. The number of halogens is 1. The molecule has 0 unspecified atom stereocenters. The Hall–Kier alpha value is -6.81. The van der Waals surface area contributed by atoms with Crippen LogP contribution in [-0.2, 0) is 9.47 Å². The number of pyridine rings is 2. The zero-order valence-electron chi connectivity index (χ0n) is 40.6. The topological polar surface area (TPSA) is 321 Å². The normalized spacial score (nSPS) is 17.7. The Balaban J connectivity index is 0.000000250. The third-order valence-electron chi connectivity index (χ3n) is 9.90. The van der Waals surface area contributed by atoms with Crippen molar-refractivity contribution < 1.29 is 38.1 Å². The van der Waals surface area contributed by atoms with Crippen LogP contribution in [0.2, 0.25) is 5.15 Å². The van der Waals surface area contributed by atoms with Gasteiger partial charge in [0.25, 0.3) is 11.8 Å². The summed E-state index contributed by atoms with van der Waals surface area (Å²) in [6.07, 6.45) is 7.08. The van der Waals surface area contributed by atoms with Crippen molar-refractivity contribution in [1.82, 2.24) is 41.0 Å². The standard InChI is InChI=1S/C23H33N7O4.C12H12ClN5O2.C11H22N2O2/c1-5-33-19-12-8-11-17(28-19)26-16-13-18(29-30-20(16)21(24)31)25-14-9-6-7-10-15(14)27-22(32)34-23(2,3)4;1-2-20-10-5-3-4-9(16-10)15-7-6-8(13)17-18-11(7)12(14)19;1-11(2,3)15-10(14)13-9-7-5-4-6-8(9)12/h8,11-15H,5-7,9-10H2,1-4H3,(H2,24,31)(H,27,32)(H2,25,26,28,29);3-6H,2H2,1H3,(H2,14,19)(H,15,16,17);8-9H,4-7,12H2,1-3H3,(H,13,14)/t14-,15+;;8-,9+/m1.1/s1. The van der Waals surface area contributed by atoms with E-state index in [0.29, 0.717) is 53.8 Å². The first kappa shape index (κ1) is 54.8. The molecule has 2 saturated carbocycles. The van der Waals surface area contributed by atoms with E-state index >= 15 is 0 Å². The molecule has 4 amide bonds. The van der Waals surface area contributed by atoms with Crippen molar-refractivity contribution >= 4 is 64.4 Å². The third kappa shape index (κ3) is 19.4. The molecule has 6 rings (SSSR count). The van der Waals surface area contributed by atoms with Crippen molar-refractivity contribution in [3.63, 3.8) is 0 Å². The summed E-state index contributed by atoms with van der Waals surface area (Å²) in [6.45, 7) is 15.8. The number of ether oxygens (including phenoxy) is 4. The molecule has 4 atom stereocenters. The molecule has 2 aliphatic carbocycles. The van der Waals surface area contributed by atoms with Gasteiger partial charge in [0.1, 0.15) is 22.8 Å². The number of hydrogen-bond acceptors (Lipinski definition) is 18. The second kappa shape index (κ2) is 26.1. The van der Waals surface area contributed by atoms with Crippen molar-refractivity contribution in [3.05, 3.63) is 65.1 Å². The van der Waals surface area contributed by atoms with Crippen molar-refractivity contribution in [2.75, 3.05) is 29.2 Å². The first-order chi connectivity index (χ1) is 32.6. The molecule has 4 aromatic rings. The number of carbonyl (C=O) groups is 4. The number of primary amides is 2. The van der Waals surface area contributed by atoms with Gasteiger partial charge in [0.15, 0.2) is 22.4 Å². The summed E-state index contributed by atoms with van der Waals surface area (Å²) in [5.74, 6) is 0.869. The summed E-state index contributed by atoms with van der Waals surface area (Å²) in [4.78, 5) is 55.6. The van der Waals surface area contributed by atoms with Gasteiger partial charge in [-0.3, -0.25) is 9.59 Å². The van der Waals surface area contributed by atoms with Crippen LogP contribution in [0.4, 0.5) is 38.4 Å². The van der Waals surface area contributed by atoms with Crippen LogP contribution >= 0.6 is 11.6 Å². The number of amides is 4. The Morgan fingerprint density at radius 1 is 0.623 bits per heavy atom. The molecular weight excluding hydrogens is 912 g/mol. The SMILES string of the molecule is CC(C)(C)OC(=O)N[C@H]1CCCC[C@H]1N.CCOc1cccc(Nc2cc(Cl)nnc2C(N)=O)n1.CCOc1cccc(Nc2cc(N[C@@H]3CCCC[C@@H]3NC(=O)OC(C)(C)C)nnc2C(N)=O)n1. The van der Waals surface area contributed by atoms with Gasteiger partial charge in [-0.2, -0.15) is 9.97 Å². The predicted octanol–water partition coefficient (Wildman–Crippen LogP) is 6.91. The maximum absolute atomic E-state index is 12.3. The molecule has 4 aromatic heterocycles. The molecule has 22 nitrogen and oxygen atoms in total. The number of nitrogens with one attached hydrogen (secondary N) is 5. The number of rotatable bonds is 14. The molecule has 0 spiro atoms. The summed E-state index contributed by atoms with van der Waals surface area (Å²) in [7, 11) is 0. The molecule has 0 aliphatic heterocycles. The minimum Gasteiger partial charge on any atom is -0.478 e. The second-order valence-electron chi connectivity index (χ2n) is 18.0. The Kier molecular flexibility index (Phi) is 20.7. The van der Waals surface area contributed by atoms with Gasteiger partial charge in [0.2, 0.25) is 11.8 Å². The van der Waals surface area contributed by atoms with Crippen molar-refractivity contribution in [2.24, 2.45) is 17.2 Å². The maximum Gasteiger partial charge on any atom is 0.407 e. The Labute approximate surface area is 407 Å². The van der Waals surface area contributed by atoms with Crippen LogP contribution in [-0.4, -0.2) is 103 Å². The monoisotopic (exact) mass is 978 g/mol. The van der Waals surface area contributed by atoms with E-state index in [4.69, 9.17) is 47.7 Å². The fourth-order valence-corrected chi connectivity index (χ4v) is 7.16. The zero-order chi connectivity index (χ0) is 50.7. The van der Waals surface area contributed by atoms with Crippen LogP contribution in [0.25, 0.3) is 0 Å². The predicted molar refractivity (Wildman–Crippen MR) is 262 cm³/mol. The number of nitrogens with zero attached hydrogens (tertiary/aromatic N) is 6. The lowest BCUT2D eigenvalue weighted by Crippen LogP contribution is -2.50. The molecule has 376 valence electrons. The van der Waals surface area contributed by atoms with Crippen LogP contribution in [0.5, 0.6) is 11.8 Å². The molecule has 2 aliphatic rings. The molecule has 11 N–H and O–H groups in total. The summed E-state index contributed by atoms with van der Waals surface area (Å²) in [5.41, 5.74) is 16.3. The molecule has 0 bridgehead atoms. The number of aromatic nitrogens is 6. The molecule has 0 aromatic carbocycles. The fraction of sp³-hybridized carbons (Fsp3) is 0.522. The van der Waals surface area contributed by atoms with E-state index in [0.717, 1.165) is 51.4 Å². The second-order valence-corrected chi connectivity index (χ2v) is 18.4. The molecular formula is C46H67ClN14O8. The van der Waals surface area contributed by atoms with Crippen molar-refractivity contribution in [2.45, 2.75) is 142 Å². The Morgan fingerprint density at radius 3 is 1.55 bits per heavy atom. The third-order valence-corrected chi connectivity index (χ3v) is 10.1. The summed E-state index contributed by atoms with van der Waals surface area (Å²) >= 11 is 5.76. The number of alkyl carbamates (subject to hydrolysis) is 2. The Bertz CT molecular complexity index is 2330. The van der Waals surface area contributed by atoms with Crippen LogP contribution < -0.4 is 53.3 Å². The van der Waals surface area contributed by atoms with Crippen LogP contribution in [0.1, 0.15) is 128 Å². The van der Waals surface area contributed by atoms with Gasteiger partial charge in [-0.05, 0) is 93.2 Å². The van der Waals surface area contributed by atoms with E-state index < -0.39 is 29.1 Å². The van der Waals surface area contributed by atoms with Crippen molar-refractivity contribution in [1.29, 1.82) is 0 Å². The lowest BCUT2D eigenvalue weighted by atomic mass is 9.90. The molecule has 69 heavy (non-hydrogen) atoms. The fourth-order valence-electron chi connectivity index (χ4n) is 7.01. The largest absolute Gasteiger partial charge is 0.478 e. The van der Waals surface area contributed by atoms with Gasteiger partial charge < -0.3 is 62.7 Å². The lowest BCUT2D eigenvalue weighted by Gasteiger charge is -2.33. The van der Waals surface area contributed by atoms with Gasteiger partial charge in [-0.1, -0.05) is 49.4 Å². The molecule has 0 saturated heterocycles. The lowest BCUT2D eigenvalue weighted by molar-refractivity contribution is 0.0475. The average molecular weight is 980 g/mol. The van der Waals surface area contributed by atoms with Gasteiger partial charge in [-0.25, -0.2) is 9.59 Å². The van der Waals surface area contributed by atoms with Crippen molar-refractivity contribution in [3.8, 4) is 11.8 Å². The van der Waals surface area contributed by atoms with Gasteiger partial charge in [-0.15, -0.1) is 20.4 Å². The minimum absolute atomic E-state index is 0.0127. The summed E-state index contributed by atoms with van der Waals surface area (Å²) in [6, 6.07) is 13.5. The highest BCUT2D eigenvalue weighted by Gasteiger charge is 2.30. The quantitative estimate of drug-likeness (QED) is 0.0636. The van der Waals surface area contributed by atoms with Gasteiger partial charge >= 0.3 is 12.2 Å². The highest BCUT2D eigenvalue weighted by molar-refractivity contribution is 6.29. The molecule has 2 fully saturated rings. The maximum atomic E-state index is 12.3. The van der Waals surface area contributed by atoms with Gasteiger partial charge in [0, 0.05) is 42.4 Å². The first-order valence-corrected chi connectivity index (χ1v) is 23.3. The van der Waals surface area contributed by atoms with E-state index in [1.807, 2.05) is 55.4 Å². The van der Waals surface area contributed by atoms with E-state index in [9.17, 15) is 19.2 Å².